The average Bonchev–Trinajstić information content (AvgIpc) is 2.39. The Balaban J connectivity index is 2.22. The van der Waals surface area contributed by atoms with Crippen molar-refractivity contribution in [1.82, 2.24) is 15.3 Å². The molecule has 0 spiro atoms. The van der Waals surface area contributed by atoms with Crippen LogP contribution in [0.15, 0.2) is 40.6 Å². The summed E-state index contributed by atoms with van der Waals surface area (Å²) in [5.74, 6) is 0. The minimum absolute atomic E-state index is 0.0431. The number of hydrogen-bond donors (Lipinski definition) is 1. The first-order valence-corrected chi connectivity index (χ1v) is 8.03. The van der Waals surface area contributed by atoms with Crippen molar-refractivity contribution in [3.05, 3.63) is 46.7 Å². The van der Waals surface area contributed by atoms with E-state index in [1.165, 1.54) is 0 Å². The van der Waals surface area contributed by atoms with Gasteiger partial charge in [0.25, 0.3) is 0 Å². The van der Waals surface area contributed by atoms with Crippen LogP contribution in [-0.4, -0.2) is 15.5 Å². The summed E-state index contributed by atoms with van der Waals surface area (Å²) in [6.45, 7) is 9.11. The first kappa shape index (κ1) is 16.3. The topological polar surface area (TPSA) is 37.8 Å². The lowest BCUT2D eigenvalue weighted by molar-refractivity contribution is 0.422. The Kier molecular flexibility index (Phi) is 5.25. The van der Waals surface area contributed by atoms with Crippen LogP contribution in [0.3, 0.4) is 0 Å². The lowest BCUT2D eigenvalue weighted by Gasteiger charge is -2.22. The summed E-state index contributed by atoms with van der Waals surface area (Å²) in [6.07, 6.45) is 3.65. The van der Waals surface area contributed by atoms with Gasteiger partial charge in [0.1, 0.15) is 0 Å². The van der Waals surface area contributed by atoms with E-state index in [0.717, 1.165) is 32.7 Å². The highest BCUT2D eigenvalue weighted by atomic mass is 35.5. The second-order valence-corrected chi connectivity index (χ2v) is 7.38. The third-order valence-corrected chi connectivity index (χ3v) is 4.18. The van der Waals surface area contributed by atoms with Crippen LogP contribution in [0.1, 0.15) is 31.9 Å². The monoisotopic (exact) mass is 321 g/mol. The molecule has 1 aromatic heterocycles. The summed E-state index contributed by atoms with van der Waals surface area (Å²) >= 11 is 7.90. The van der Waals surface area contributed by atoms with Gasteiger partial charge in [0, 0.05) is 34.4 Å². The smallest absolute Gasteiger partial charge is 0.192 e. The van der Waals surface area contributed by atoms with Gasteiger partial charge < -0.3 is 5.32 Å². The predicted octanol–water partition coefficient (Wildman–Crippen LogP) is 4.48. The molecule has 112 valence electrons. The Morgan fingerprint density at radius 3 is 2.48 bits per heavy atom. The van der Waals surface area contributed by atoms with E-state index in [2.05, 4.69) is 42.1 Å². The fraction of sp³-hybridized carbons (Fsp3) is 0.375. The first-order chi connectivity index (χ1) is 9.85. The maximum absolute atomic E-state index is 6.36. The molecule has 5 heteroatoms. The summed E-state index contributed by atoms with van der Waals surface area (Å²) in [6, 6.07) is 5.93. The molecule has 1 heterocycles. The zero-order chi connectivity index (χ0) is 15.5. The van der Waals surface area contributed by atoms with Crippen LogP contribution in [0.5, 0.6) is 0 Å². The standard InChI is InChI=1S/C16H20ClN3S/c1-11-8-18-15(19-9-11)21-14-7-5-6-13(17)12(14)10-20-16(2,3)4/h5-9,20H,10H2,1-4H3. The number of aromatic nitrogens is 2. The molecule has 21 heavy (non-hydrogen) atoms. The van der Waals surface area contributed by atoms with Gasteiger partial charge in [-0.1, -0.05) is 17.7 Å². The van der Waals surface area contributed by atoms with Crippen LogP contribution in [0.2, 0.25) is 5.02 Å². The zero-order valence-corrected chi connectivity index (χ0v) is 14.3. The molecule has 1 aromatic carbocycles. The van der Waals surface area contributed by atoms with Gasteiger partial charge in [-0.05, 0) is 62.7 Å². The van der Waals surface area contributed by atoms with Crippen molar-refractivity contribution in [3.8, 4) is 0 Å². The Bertz CT molecular complexity index is 606. The Labute approximate surface area is 135 Å². The molecular formula is C16H20ClN3S. The van der Waals surface area contributed by atoms with Crippen molar-refractivity contribution >= 4 is 23.4 Å². The van der Waals surface area contributed by atoms with Crippen molar-refractivity contribution in [2.75, 3.05) is 0 Å². The molecule has 0 saturated carbocycles. The molecule has 0 unspecified atom stereocenters. The quantitative estimate of drug-likeness (QED) is 0.843. The van der Waals surface area contributed by atoms with Crippen LogP contribution in [0.4, 0.5) is 0 Å². The highest BCUT2D eigenvalue weighted by molar-refractivity contribution is 7.99. The molecule has 0 fully saturated rings. The van der Waals surface area contributed by atoms with Crippen LogP contribution in [-0.2, 0) is 6.54 Å². The van der Waals surface area contributed by atoms with E-state index in [1.807, 2.05) is 31.5 Å². The molecule has 0 aliphatic carbocycles. The molecule has 0 radical (unpaired) electrons. The number of rotatable bonds is 4. The Morgan fingerprint density at radius 1 is 1.19 bits per heavy atom. The fourth-order valence-corrected chi connectivity index (χ4v) is 2.85. The molecular weight excluding hydrogens is 302 g/mol. The molecule has 0 aliphatic heterocycles. The highest BCUT2D eigenvalue weighted by Crippen LogP contribution is 2.32. The van der Waals surface area contributed by atoms with Crippen LogP contribution in [0, 0.1) is 6.92 Å². The van der Waals surface area contributed by atoms with Gasteiger partial charge in [0.15, 0.2) is 5.16 Å². The van der Waals surface area contributed by atoms with Gasteiger partial charge in [-0.25, -0.2) is 9.97 Å². The van der Waals surface area contributed by atoms with E-state index in [4.69, 9.17) is 11.6 Å². The summed E-state index contributed by atoms with van der Waals surface area (Å²) in [5, 5.41) is 4.98. The summed E-state index contributed by atoms with van der Waals surface area (Å²) in [4.78, 5) is 9.77. The van der Waals surface area contributed by atoms with Gasteiger partial charge in [-0.2, -0.15) is 0 Å². The second kappa shape index (κ2) is 6.77. The van der Waals surface area contributed by atoms with E-state index < -0.39 is 0 Å². The molecule has 0 amide bonds. The van der Waals surface area contributed by atoms with Gasteiger partial charge >= 0.3 is 0 Å². The summed E-state index contributed by atoms with van der Waals surface area (Å²) in [5.41, 5.74) is 2.19. The number of nitrogens with zero attached hydrogens (tertiary/aromatic N) is 2. The number of aryl methyl sites for hydroxylation is 1. The van der Waals surface area contributed by atoms with Crippen molar-refractivity contribution in [3.63, 3.8) is 0 Å². The minimum atomic E-state index is 0.0431. The molecule has 2 rings (SSSR count). The lowest BCUT2D eigenvalue weighted by Crippen LogP contribution is -2.35. The average molecular weight is 322 g/mol. The van der Waals surface area contributed by atoms with Crippen molar-refractivity contribution in [1.29, 1.82) is 0 Å². The SMILES string of the molecule is Cc1cnc(Sc2cccc(Cl)c2CNC(C)(C)C)nc1. The van der Waals surface area contributed by atoms with Crippen molar-refractivity contribution in [2.45, 2.75) is 49.8 Å². The molecule has 0 atom stereocenters. The third-order valence-electron chi connectivity index (χ3n) is 2.83. The maximum Gasteiger partial charge on any atom is 0.192 e. The number of nitrogens with one attached hydrogen (secondary N) is 1. The van der Waals surface area contributed by atoms with Gasteiger partial charge in [-0.15, -0.1) is 0 Å². The second-order valence-electron chi connectivity index (χ2n) is 5.97. The molecule has 1 N–H and O–H groups in total. The Morgan fingerprint density at radius 2 is 1.86 bits per heavy atom. The molecule has 0 aliphatic rings. The summed E-state index contributed by atoms with van der Waals surface area (Å²) < 4.78 is 0. The first-order valence-electron chi connectivity index (χ1n) is 6.84. The van der Waals surface area contributed by atoms with Crippen molar-refractivity contribution < 1.29 is 0 Å². The number of hydrogen-bond acceptors (Lipinski definition) is 4. The van der Waals surface area contributed by atoms with Gasteiger partial charge in [0.2, 0.25) is 0 Å². The predicted molar refractivity (Wildman–Crippen MR) is 88.9 cm³/mol. The minimum Gasteiger partial charge on any atom is -0.308 e. The van der Waals surface area contributed by atoms with Crippen molar-refractivity contribution in [2.24, 2.45) is 0 Å². The normalized spacial score (nSPS) is 11.7. The molecule has 0 saturated heterocycles. The van der Waals surface area contributed by atoms with Crippen LogP contribution < -0.4 is 5.32 Å². The van der Waals surface area contributed by atoms with Gasteiger partial charge in [0.05, 0.1) is 0 Å². The van der Waals surface area contributed by atoms with Crippen LogP contribution >= 0.6 is 23.4 Å². The fourth-order valence-electron chi connectivity index (χ4n) is 1.69. The van der Waals surface area contributed by atoms with E-state index in [1.54, 1.807) is 11.8 Å². The van der Waals surface area contributed by atoms with E-state index >= 15 is 0 Å². The van der Waals surface area contributed by atoms with E-state index in [9.17, 15) is 0 Å². The van der Waals surface area contributed by atoms with Crippen LogP contribution in [0.25, 0.3) is 0 Å². The zero-order valence-electron chi connectivity index (χ0n) is 12.8. The molecule has 0 bridgehead atoms. The lowest BCUT2D eigenvalue weighted by atomic mass is 10.1. The maximum atomic E-state index is 6.36. The van der Waals surface area contributed by atoms with E-state index in [-0.39, 0.29) is 5.54 Å². The van der Waals surface area contributed by atoms with E-state index in [0.29, 0.717) is 0 Å². The summed E-state index contributed by atoms with van der Waals surface area (Å²) in [7, 11) is 0. The molecule has 2 aromatic rings. The molecule has 3 nitrogen and oxygen atoms in total. The number of halogens is 1. The third kappa shape index (κ3) is 4.99. The number of benzene rings is 1. The Hall–Kier alpha value is -1.10. The highest BCUT2D eigenvalue weighted by Gasteiger charge is 2.14. The van der Waals surface area contributed by atoms with Gasteiger partial charge in [-0.3, -0.25) is 0 Å². The largest absolute Gasteiger partial charge is 0.308 e.